The van der Waals surface area contributed by atoms with Gasteiger partial charge in [0.1, 0.15) is 11.5 Å². The summed E-state index contributed by atoms with van der Waals surface area (Å²) < 4.78 is 11.3. The van der Waals surface area contributed by atoms with E-state index in [-0.39, 0.29) is 11.9 Å². The Kier molecular flexibility index (Phi) is 5.97. The van der Waals surface area contributed by atoms with Crippen LogP contribution in [0.15, 0.2) is 66.7 Å². The van der Waals surface area contributed by atoms with Gasteiger partial charge in [0.05, 0.1) is 13.2 Å². The van der Waals surface area contributed by atoms with E-state index in [0.717, 1.165) is 27.8 Å². The van der Waals surface area contributed by atoms with E-state index < -0.39 is 6.10 Å². The predicted molar refractivity (Wildman–Crippen MR) is 108 cm³/mol. The van der Waals surface area contributed by atoms with Gasteiger partial charge in [0.15, 0.2) is 6.10 Å². The van der Waals surface area contributed by atoms with Crippen molar-refractivity contribution in [3.8, 4) is 11.5 Å². The van der Waals surface area contributed by atoms with Crippen molar-refractivity contribution in [1.29, 1.82) is 0 Å². The highest BCUT2D eigenvalue weighted by atomic mass is 16.5. The number of benzene rings is 3. The summed E-state index contributed by atoms with van der Waals surface area (Å²) >= 11 is 0. The quantitative estimate of drug-likeness (QED) is 0.650. The van der Waals surface area contributed by atoms with Gasteiger partial charge < -0.3 is 14.8 Å². The third kappa shape index (κ3) is 4.40. The van der Waals surface area contributed by atoms with Gasteiger partial charge in [-0.1, -0.05) is 55.5 Å². The zero-order valence-corrected chi connectivity index (χ0v) is 15.9. The average Bonchev–Trinajstić information content (AvgIpc) is 2.72. The van der Waals surface area contributed by atoms with Crippen molar-refractivity contribution in [2.24, 2.45) is 0 Å². The lowest BCUT2D eigenvalue weighted by Crippen LogP contribution is -2.39. The number of nitrogens with one attached hydrogen (secondary N) is 1. The van der Waals surface area contributed by atoms with Gasteiger partial charge in [-0.15, -0.1) is 0 Å². The monoisotopic (exact) mass is 363 g/mol. The second-order valence-corrected chi connectivity index (χ2v) is 6.50. The number of rotatable bonds is 7. The molecular formula is C23H25NO3. The van der Waals surface area contributed by atoms with Crippen molar-refractivity contribution in [1.82, 2.24) is 5.32 Å². The van der Waals surface area contributed by atoms with Gasteiger partial charge in [-0.3, -0.25) is 4.79 Å². The van der Waals surface area contributed by atoms with Crippen molar-refractivity contribution >= 4 is 16.7 Å². The zero-order valence-electron chi connectivity index (χ0n) is 15.9. The molecule has 2 atom stereocenters. The second kappa shape index (κ2) is 8.58. The summed E-state index contributed by atoms with van der Waals surface area (Å²) in [6, 6.07) is 21.5. The molecule has 0 aliphatic rings. The SMILES string of the molecule is CC[C@H](Oc1cccc2ccccc12)C(=O)N[C@@H](C)c1ccc(OC)cc1. The van der Waals surface area contributed by atoms with Crippen LogP contribution in [0.5, 0.6) is 11.5 Å². The van der Waals surface area contributed by atoms with Gasteiger partial charge in [-0.25, -0.2) is 0 Å². The Bertz CT molecular complexity index is 900. The van der Waals surface area contributed by atoms with E-state index in [1.165, 1.54) is 0 Å². The molecule has 0 fully saturated rings. The summed E-state index contributed by atoms with van der Waals surface area (Å²) in [6.07, 6.45) is 0.0428. The summed E-state index contributed by atoms with van der Waals surface area (Å²) in [5.41, 5.74) is 1.02. The molecule has 1 N–H and O–H groups in total. The lowest BCUT2D eigenvalue weighted by atomic mass is 10.1. The zero-order chi connectivity index (χ0) is 19.2. The summed E-state index contributed by atoms with van der Waals surface area (Å²) in [5, 5.41) is 5.15. The number of carbonyl (C=O) groups excluding carboxylic acids is 1. The van der Waals surface area contributed by atoms with Gasteiger partial charge in [0, 0.05) is 5.39 Å². The number of amides is 1. The topological polar surface area (TPSA) is 47.6 Å². The van der Waals surface area contributed by atoms with E-state index in [1.54, 1.807) is 7.11 Å². The fraction of sp³-hybridized carbons (Fsp3) is 0.261. The Balaban J connectivity index is 1.71. The molecule has 3 rings (SSSR count). The molecule has 3 aromatic carbocycles. The first-order valence-corrected chi connectivity index (χ1v) is 9.21. The standard InChI is InChI=1S/C23H25NO3/c1-4-21(27-22-11-7-9-18-8-5-6-10-20(18)22)23(25)24-16(2)17-12-14-19(26-3)15-13-17/h5-16,21H,4H2,1-3H3,(H,24,25)/t16-,21-/m0/s1. The molecule has 0 saturated heterocycles. The molecule has 1 amide bonds. The molecule has 0 aliphatic carbocycles. The first-order chi connectivity index (χ1) is 13.1. The molecule has 140 valence electrons. The predicted octanol–water partition coefficient (Wildman–Crippen LogP) is 4.88. The molecule has 0 unspecified atom stereocenters. The highest BCUT2D eigenvalue weighted by Gasteiger charge is 2.21. The molecule has 27 heavy (non-hydrogen) atoms. The highest BCUT2D eigenvalue weighted by Crippen LogP contribution is 2.27. The number of ether oxygens (including phenoxy) is 2. The molecular weight excluding hydrogens is 338 g/mol. The lowest BCUT2D eigenvalue weighted by molar-refractivity contribution is -0.128. The van der Waals surface area contributed by atoms with Crippen LogP contribution in [0.1, 0.15) is 31.9 Å². The molecule has 0 aromatic heterocycles. The molecule has 3 aromatic rings. The van der Waals surface area contributed by atoms with Crippen LogP contribution < -0.4 is 14.8 Å². The fourth-order valence-corrected chi connectivity index (χ4v) is 3.06. The molecule has 0 bridgehead atoms. The molecule has 0 heterocycles. The van der Waals surface area contributed by atoms with Crippen molar-refractivity contribution in [2.75, 3.05) is 7.11 Å². The average molecular weight is 363 g/mol. The number of carbonyl (C=O) groups is 1. The second-order valence-electron chi connectivity index (χ2n) is 6.50. The maximum absolute atomic E-state index is 12.8. The highest BCUT2D eigenvalue weighted by molar-refractivity contribution is 5.89. The Morgan fingerprint density at radius 3 is 2.41 bits per heavy atom. The van der Waals surface area contributed by atoms with Crippen LogP contribution >= 0.6 is 0 Å². The molecule has 0 aliphatic heterocycles. The van der Waals surface area contributed by atoms with E-state index >= 15 is 0 Å². The third-order valence-corrected chi connectivity index (χ3v) is 4.66. The van der Waals surface area contributed by atoms with Crippen LogP contribution in [-0.2, 0) is 4.79 Å². The Hall–Kier alpha value is -3.01. The van der Waals surface area contributed by atoms with Crippen LogP contribution in [0, 0.1) is 0 Å². The number of hydrogen-bond donors (Lipinski definition) is 1. The van der Waals surface area contributed by atoms with Crippen LogP contribution in [0.4, 0.5) is 0 Å². The Labute approximate surface area is 160 Å². The number of fused-ring (bicyclic) bond motifs is 1. The summed E-state index contributed by atoms with van der Waals surface area (Å²) in [7, 11) is 1.64. The van der Waals surface area contributed by atoms with E-state index in [1.807, 2.05) is 80.6 Å². The lowest BCUT2D eigenvalue weighted by Gasteiger charge is -2.21. The summed E-state index contributed by atoms with van der Waals surface area (Å²) in [5.74, 6) is 1.41. The third-order valence-electron chi connectivity index (χ3n) is 4.66. The van der Waals surface area contributed by atoms with Crippen molar-refractivity contribution in [3.63, 3.8) is 0 Å². The van der Waals surface area contributed by atoms with Crippen molar-refractivity contribution in [2.45, 2.75) is 32.4 Å². The van der Waals surface area contributed by atoms with Gasteiger partial charge in [-0.2, -0.15) is 0 Å². The van der Waals surface area contributed by atoms with E-state index in [0.29, 0.717) is 6.42 Å². The van der Waals surface area contributed by atoms with Gasteiger partial charge in [0.2, 0.25) is 0 Å². The first kappa shape index (κ1) is 18.8. The number of methoxy groups -OCH3 is 1. The van der Waals surface area contributed by atoms with E-state index in [4.69, 9.17) is 9.47 Å². The minimum atomic E-state index is -0.545. The normalized spacial score (nSPS) is 13.0. The Morgan fingerprint density at radius 1 is 1.00 bits per heavy atom. The Morgan fingerprint density at radius 2 is 1.70 bits per heavy atom. The summed E-state index contributed by atoms with van der Waals surface area (Å²) in [6.45, 7) is 3.91. The van der Waals surface area contributed by atoms with Crippen LogP contribution in [-0.4, -0.2) is 19.1 Å². The van der Waals surface area contributed by atoms with Crippen LogP contribution in [0.2, 0.25) is 0 Å². The maximum Gasteiger partial charge on any atom is 0.261 e. The summed E-state index contributed by atoms with van der Waals surface area (Å²) in [4.78, 5) is 12.8. The van der Waals surface area contributed by atoms with Crippen LogP contribution in [0.3, 0.4) is 0 Å². The molecule has 4 heteroatoms. The minimum Gasteiger partial charge on any atom is -0.497 e. The smallest absolute Gasteiger partial charge is 0.261 e. The largest absolute Gasteiger partial charge is 0.497 e. The molecule has 4 nitrogen and oxygen atoms in total. The fourth-order valence-electron chi connectivity index (χ4n) is 3.06. The number of hydrogen-bond acceptors (Lipinski definition) is 3. The minimum absolute atomic E-state index is 0.117. The van der Waals surface area contributed by atoms with Gasteiger partial charge in [-0.05, 0) is 42.5 Å². The molecule has 0 saturated carbocycles. The van der Waals surface area contributed by atoms with Crippen molar-refractivity contribution in [3.05, 3.63) is 72.3 Å². The molecule has 0 radical (unpaired) electrons. The van der Waals surface area contributed by atoms with E-state index in [9.17, 15) is 4.79 Å². The van der Waals surface area contributed by atoms with Crippen LogP contribution in [0.25, 0.3) is 10.8 Å². The maximum atomic E-state index is 12.8. The van der Waals surface area contributed by atoms with Gasteiger partial charge >= 0.3 is 0 Å². The van der Waals surface area contributed by atoms with Crippen molar-refractivity contribution < 1.29 is 14.3 Å². The van der Waals surface area contributed by atoms with Gasteiger partial charge in [0.25, 0.3) is 5.91 Å². The first-order valence-electron chi connectivity index (χ1n) is 9.21. The molecule has 0 spiro atoms. The van der Waals surface area contributed by atoms with E-state index in [2.05, 4.69) is 5.32 Å².